The highest BCUT2D eigenvalue weighted by molar-refractivity contribution is 6.31. The third kappa shape index (κ3) is 5.47. The van der Waals surface area contributed by atoms with Gasteiger partial charge < -0.3 is 20.1 Å². The van der Waals surface area contributed by atoms with E-state index in [9.17, 15) is 15.0 Å². The molecule has 1 aromatic heterocycles. The summed E-state index contributed by atoms with van der Waals surface area (Å²) in [4.78, 5) is 21.3. The third-order valence-corrected chi connectivity index (χ3v) is 5.79. The number of halogens is 1. The van der Waals surface area contributed by atoms with E-state index in [0.29, 0.717) is 32.9 Å². The number of aromatic amines is 1. The number of H-pyrrole nitrogens is 1. The van der Waals surface area contributed by atoms with Crippen LogP contribution in [0.15, 0.2) is 71.7 Å². The Labute approximate surface area is 203 Å². The molecule has 0 aliphatic rings. The van der Waals surface area contributed by atoms with Crippen molar-refractivity contribution in [2.45, 2.75) is 12.8 Å². The van der Waals surface area contributed by atoms with Crippen LogP contribution in [0.1, 0.15) is 22.3 Å². The summed E-state index contributed by atoms with van der Waals surface area (Å²) >= 11 is 6.15. The summed E-state index contributed by atoms with van der Waals surface area (Å²) in [5, 5.41) is 21.4. The van der Waals surface area contributed by atoms with Crippen molar-refractivity contribution in [3.05, 3.63) is 94.0 Å². The Morgan fingerprint density at radius 1 is 1.03 bits per heavy atom. The van der Waals surface area contributed by atoms with Crippen LogP contribution >= 0.6 is 11.6 Å². The minimum absolute atomic E-state index is 0.0257. The predicted molar refractivity (Wildman–Crippen MR) is 137 cm³/mol. The molecule has 0 aliphatic heterocycles. The van der Waals surface area contributed by atoms with Gasteiger partial charge in [-0.3, -0.25) is 4.79 Å². The summed E-state index contributed by atoms with van der Waals surface area (Å²) in [6.07, 6.45) is 0.836. The van der Waals surface area contributed by atoms with Crippen molar-refractivity contribution in [3.8, 4) is 5.88 Å². The first-order valence-corrected chi connectivity index (χ1v) is 11.3. The number of carboxylic acids is 1. The number of carboxylic acid groups (broad SMARTS) is 1. The average molecular weight is 476 g/mol. The number of aromatic hydroxyl groups is 1. The monoisotopic (exact) mass is 475 g/mol. The molecule has 4 rings (SSSR count). The number of carbonyl (C=O) groups is 1. The van der Waals surface area contributed by atoms with E-state index in [1.165, 1.54) is 5.56 Å². The lowest BCUT2D eigenvalue weighted by Crippen LogP contribution is -2.14. The summed E-state index contributed by atoms with van der Waals surface area (Å²) < 4.78 is 0. The number of likely N-dealkylation sites (N-methyl/N-ethyl adjacent to an activating group) is 1. The Bertz CT molecular complexity index is 1360. The number of nitrogens with one attached hydrogen (secondary N) is 1. The van der Waals surface area contributed by atoms with Crippen molar-refractivity contribution in [2.75, 3.05) is 20.6 Å². The Morgan fingerprint density at radius 3 is 2.50 bits per heavy atom. The first-order valence-electron chi connectivity index (χ1n) is 10.9. The van der Waals surface area contributed by atoms with Gasteiger partial charge in [-0.2, -0.15) is 0 Å². The zero-order valence-corrected chi connectivity index (χ0v) is 19.8. The van der Waals surface area contributed by atoms with Crippen LogP contribution < -0.4 is 0 Å². The highest BCUT2D eigenvalue weighted by Crippen LogP contribution is 2.33. The number of aliphatic carboxylic acids is 1. The number of fused-ring (bicyclic) bond motifs is 1. The summed E-state index contributed by atoms with van der Waals surface area (Å²) in [5.41, 5.74) is 5.07. The number of hydrogen-bond acceptors (Lipinski definition) is 4. The minimum atomic E-state index is -0.909. The molecule has 0 radical (unpaired) electrons. The van der Waals surface area contributed by atoms with Crippen LogP contribution in [0.2, 0.25) is 5.02 Å². The van der Waals surface area contributed by atoms with E-state index >= 15 is 0 Å². The molecule has 34 heavy (non-hydrogen) atoms. The molecule has 0 atom stereocenters. The van der Waals surface area contributed by atoms with Crippen molar-refractivity contribution in [1.29, 1.82) is 0 Å². The Balaban J connectivity index is 1.83. The van der Waals surface area contributed by atoms with Crippen LogP contribution in [-0.4, -0.2) is 52.4 Å². The van der Waals surface area contributed by atoms with Crippen LogP contribution in [-0.2, 0) is 17.6 Å². The van der Waals surface area contributed by atoms with Crippen molar-refractivity contribution < 1.29 is 15.0 Å². The molecule has 4 aromatic rings. The maximum atomic E-state index is 11.3. The van der Waals surface area contributed by atoms with E-state index in [2.05, 4.69) is 22.0 Å². The molecule has 174 valence electrons. The zero-order valence-electron chi connectivity index (χ0n) is 19.0. The number of hydrogen-bond donors (Lipinski definition) is 3. The van der Waals surface area contributed by atoms with E-state index in [1.807, 2.05) is 38.4 Å². The minimum Gasteiger partial charge on any atom is -0.494 e. The molecule has 3 aromatic carbocycles. The molecule has 3 N–H and O–H groups in total. The Hall–Kier alpha value is -3.61. The van der Waals surface area contributed by atoms with Gasteiger partial charge in [0.2, 0.25) is 0 Å². The molecular formula is C27H26ClN3O3. The summed E-state index contributed by atoms with van der Waals surface area (Å²) in [6.45, 7) is 0.954. The lowest BCUT2D eigenvalue weighted by atomic mass is 9.98. The van der Waals surface area contributed by atoms with Crippen molar-refractivity contribution in [3.63, 3.8) is 0 Å². The Kier molecular flexibility index (Phi) is 7.01. The van der Waals surface area contributed by atoms with Crippen LogP contribution in [0.4, 0.5) is 5.69 Å². The van der Waals surface area contributed by atoms with Gasteiger partial charge in [-0.05, 0) is 62.0 Å². The second kappa shape index (κ2) is 10.1. The van der Waals surface area contributed by atoms with Gasteiger partial charge in [0, 0.05) is 22.5 Å². The van der Waals surface area contributed by atoms with Gasteiger partial charge in [0.25, 0.3) is 0 Å². The van der Waals surface area contributed by atoms with E-state index in [-0.39, 0.29) is 12.3 Å². The number of rotatable bonds is 8. The van der Waals surface area contributed by atoms with Gasteiger partial charge in [0.1, 0.15) is 0 Å². The molecule has 0 amide bonds. The first-order chi connectivity index (χ1) is 16.3. The number of aromatic nitrogens is 1. The molecule has 6 nitrogen and oxygen atoms in total. The molecule has 1 heterocycles. The van der Waals surface area contributed by atoms with E-state index in [4.69, 9.17) is 16.6 Å². The normalized spacial score (nSPS) is 11.9. The van der Waals surface area contributed by atoms with E-state index in [0.717, 1.165) is 24.0 Å². The van der Waals surface area contributed by atoms with Gasteiger partial charge in [0.05, 0.1) is 28.9 Å². The summed E-state index contributed by atoms with van der Waals surface area (Å²) in [7, 11) is 4.09. The molecule has 0 unspecified atom stereocenters. The number of nitrogens with zero attached hydrogens (tertiary/aromatic N) is 2. The standard InChI is InChI=1S/C27H26ClN3O3/c1-31(2)13-12-17-6-9-21(10-7-17)29-26(19-5-3-4-18(14-19)15-24(32)33)25-22-11-8-20(28)16-23(22)30-27(25)34/h3-11,14,16,30,34H,12-13,15H2,1-2H3,(H,32,33). The van der Waals surface area contributed by atoms with E-state index < -0.39 is 5.97 Å². The lowest BCUT2D eigenvalue weighted by molar-refractivity contribution is -0.136. The first kappa shape index (κ1) is 23.5. The van der Waals surface area contributed by atoms with E-state index in [1.54, 1.807) is 30.3 Å². The predicted octanol–water partition coefficient (Wildman–Crippen LogP) is 5.43. The highest BCUT2D eigenvalue weighted by Gasteiger charge is 2.19. The van der Waals surface area contributed by atoms with Crippen LogP contribution in [0.3, 0.4) is 0 Å². The van der Waals surface area contributed by atoms with Crippen molar-refractivity contribution >= 4 is 39.9 Å². The maximum Gasteiger partial charge on any atom is 0.307 e. The fourth-order valence-corrected chi connectivity index (χ4v) is 4.05. The van der Waals surface area contributed by atoms with Gasteiger partial charge in [-0.1, -0.05) is 48.0 Å². The van der Waals surface area contributed by atoms with Crippen LogP contribution in [0.25, 0.3) is 10.9 Å². The molecule has 0 spiro atoms. The SMILES string of the molecule is CN(C)CCc1ccc(N=C(c2cccc(CC(=O)O)c2)c2c(O)[nH]c3cc(Cl)ccc23)cc1. The fraction of sp³-hybridized carbons (Fsp3) is 0.185. The second-order valence-electron chi connectivity index (χ2n) is 8.49. The number of benzene rings is 3. The van der Waals surface area contributed by atoms with Gasteiger partial charge >= 0.3 is 5.97 Å². The van der Waals surface area contributed by atoms with Gasteiger partial charge in [-0.15, -0.1) is 0 Å². The molecular weight excluding hydrogens is 450 g/mol. The molecule has 0 fully saturated rings. The second-order valence-corrected chi connectivity index (χ2v) is 8.93. The molecule has 0 bridgehead atoms. The molecule has 7 heteroatoms. The Morgan fingerprint density at radius 2 is 1.79 bits per heavy atom. The molecule has 0 saturated carbocycles. The largest absolute Gasteiger partial charge is 0.494 e. The summed E-state index contributed by atoms with van der Waals surface area (Å²) in [5.74, 6) is -0.934. The highest BCUT2D eigenvalue weighted by atomic mass is 35.5. The molecule has 0 saturated heterocycles. The smallest absolute Gasteiger partial charge is 0.307 e. The van der Waals surface area contributed by atoms with Gasteiger partial charge in [-0.25, -0.2) is 4.99 Å². The molecule has 0 aliphatic carbocycles. The number of aliphatic imine (C=N–C) groups is 1. The average Bonchev–Trinajstić information content (AvgIpc) is 3.11. The van der Waals surface area contributed by atoms with Crippen molar-refractivity contribution in [1.82, 2.24) is 9.88 Å². The fourth-order valence-electron chi connectivity index (χ4n) is 3.88. The maximum absolute atomic E-state index is 11.3. The topological polar surface area (TPSA) is 88.9 Å². The zero-order chi connectivity index (χ0) is 24.2. The van der Waals surface area contributed by atoms with Crippen molar-refractivity contribution in [2.24, 2.45) is 4.99 Å². The van der Waals surface area contributed by atoms with Crippen LogP contribution in [0.5, 0.6) is 5.88 Å². The van der Waals surface area contributed by atoms with Gasteiger partial charge in [0.15, 0.2) is 5.88 Å². The quantitative estimate of drug-likeness (QED) is 0.296. The lowest BCUT2D eigenvalue weighted by Gasteiger charge is -2.11. The van der Waals surface area contributed by atoms with Crippen LogP contribution in [0, 0.1) is 0 Å². The summed E-state index contributed by atoms with van der Waals surface area (Å²) in [6, 6.07) is 20.6. The third-order valence-electron chi connectivity index (χ3n) is 5.56.